The highest BCUT2D eigenvalue weighted by Gasteiger charge is 2.35. The molecule has 1 aliphatic heterocycles. The number of benzene rings is 1. The number of likely N-dealkylation sites (tertiary alicyclic amines) is 1. The standard InChI is InChI=1S/C24H30N2O4S/c1-16(13-17-9-12-31-15-17)25-23(27)21-14-20(29-2)5-6-22(21)30-19-7-10-26(11-8-19)24(28)18-3-4-18/h5-6,9,12,14-16,18-19H,3-4,7-8,10-11,13H2,1-2H3,(H,25,27). The Hall–Kier alpha value is -2.54. The minimum Gasteiger partial charge on any atom is -0.497 e. The average molecular weight is 443 g/mol. The first-order valence-corrected chi connectivity index (χ1v) is 11.9. The van der Waals surface area contributed by atoms with Gasteiger partial charge in [-0.1, -0.05) is 0 Å². The van der Waals surface area contributed by atoms with E-state index in [1.807, 2.05) is 23.3 Å². The van der Waals surface area contributed by atoms with Crippen LogP contribution in [0.1, 0.15) is 48.5 Å². The van der Waals surface area contributed by atoms with Crippen molar-refractivity contribution in [1.82, 2.24) is 10.2 Å². The molecule has 2 aliphatic rings. The van der Waals surface area contributed by atoms with E-state index in [0.717, 1.165) is 45.2 Å². The van der Waals surface area contributed by atoms with Gasteiger partial charge in [0.1, 0.15) is 17.6 Å². The van der Waals surface area contributed by atoms with Crippen LogP contribution in [0.4, 0.5) is 0 Å². The van der Waals surface area contributed by atoms with Gasteiger partial charge in [0, 0.05) is 37.9 Å². The number of nitrogens with zero attached hydrogens (tertiary/aromatic N) is 1. The van der Waals surface area contributed by atoms with Crippen molar-refractivity contribution in [3.8, 4) is 11.5 Å². The molecule has 2 aromatic rings. The van der Waals surface area contributed by atoms with Crippen LogP contribution in [0.15, 0.2) is 35.0 Å². The lowest BCUT2D eigenvalue weighted by Gasteiger charge is -2.32. The Morgan fingerprint density at radius 3 is 2.61 bits per heavy atom. The zero-order valence-electron chi connectivity index (χ0n) is 18.1. The van der Waals surface area contributed by atoms with Gasteiger partial charge in [0.25, 0.3) is 5.91 Å². The predicted molar refractivity (Wildman–Crippen MR) is 121 cm³/mol. The summed E-state index contributed by atoms with van der Waals surface area (Å²) in [6.45, 7) is 3.44. The summed E-state index contributed by atoms with van der Waals surface area (Å²) in [6.07, 6.45) is 4.39. The van der Waals surface area contributed by atoms with Crippen LogP contribution in [-0.4, -0.2) is 49.1 Å². The van der Waals surface area contributed by atoms with Crippen molar-refractivity contribution in [3.05, 3.63) is 46.2 Å². The molecule has 1 saturated heterocycles. The summed E-state index contributed by atoms with van der Waals surface area (Å²) in [4.78, 5) is 27.3. The van der Waals surface area contributed by atoms with Crippen LogP contribution in [0.3, 0.4) is 0 Å². The molecular weight excluding hydrogens is 412 g/mol. The van der Waals surface area contributed by atoms with E-state index in [1.54, 1.807) is 30.6 Å². The maximum atomic E-state index is 13.0. The minimum atomic E-state index is -0.169. The molecule has 2 heterocycles. The van der Waals surface area contributed by atoms with Gasteiger partial charge in [-0.05, 0) is 66.8 Å². The molecule has 1 aromatic heterocycles. The molecule has 1 N–H and O–H groups in total. The van der Waals surface area contributed by atoms with Crippen molar-refractivity contribution < 1.29 is 19.1 Å². The molecule has 0 spiro atoms. The van der Waals surface area contributed by atoms with E-state index in [-0.39, 0.29) is 24.0 Å². The fourth-order valence-electron chi connectivity index (χ4n) is 3.99. The summed E-state index contributed by atoms with van der Waals surface area (Å²) in [6, 6.07) is 7.42. The number of ether oxygens (including phenoxy) is 2. The molecule has 1 unspecified atom stereocenters. The zero-order valence-corrected chi connectivity index (χ0v) is 19.0. The van der Waals surface area contributed by atoms with Crippen molar-refractivity contribution in [3.63, 3.8) is 0 Å². The van der Waals surface area contributed by atoms with Gasteiger partial charge in [0.2, 0.25) is 5.91 Å². The van der Waals surface area contributed by atoms with Gasteiger partial charge in [-0.2, -0.15) is 11.3 Å². The molecule has 2 fully saturated rings. The number of rotatable bonds is 8. The first kappa shape index (κ1) is 21.7. The Kier molecular flexibility index (Phi) is 6.80. The highest BCUT2D eigenvalue weighted by molar-refractivity contribution is 7.07. The SMILES string of the molecule is COc1ccc(OC2CCN(C(=O)C3CC3)CC2)c(C(=O)NC(C)Cc2ccsc2)c1. The maximum Gasteiger partial charge on any atom is 0.255 e. The molecule has 6 nitrogen and oxygen atoms in total. The van der Waals surface area contributed by atoms with Crippen LogP contribution in [-0.2, 0) is 11.2 Å². The summed E-state index contributed by atoms with van der Waals surface area (Å²) >= 11 is 1.66. The summed E-state index contributed by atoms with van der Waals surface area (Å²) in [5.74, 6) is 1.56. The molecule has 2 amide bonds. The number of carbonyl (C=O) groups excluding carboxylic acids is 2. The Balaban J connectivity index is 1.39. The molecule has 4 rings (SSSR count). The molecule has 1 atom stereocenters. The second-order valence-electron chi connectivity index (χ2n) is 8.49. The molecule has 0 bridgehead atoms. The molecule has 1 saturated carbocycles. The summed E-state index contributed by atoms with van der Waals surface area (Å²) in [7, 11) is 1.59. The van der Waals surface area contributed by atoms with E-state index in [4.69, 9.17) is 9.47 Å². The third-order valence-electron chi connectivity index (χ3n) is 5.90. The smallest absolute Gasteiger partial charge is 0.255 e. The van der Waals surface area contributed by atoms with Crippen LogP contribution in [0.5, 0.6) is 11.5 Å². The van der Waals surface area contributed by atoms with Crippen LogP contribution in [0.2, 0.25) is 0 Å². The lowest BCUT2D eigenvalue weighted by atomic mass is 10.1. The molecule has 7 heteroatoms. The Labute approximate surface area is 187 Å². The van der Waals surface area contributed by atoms with Crippen molar-refractivity contribution in [1.29, 1.82) is 0 Å². The average Bonchev–Trinajstić information content (AvgIpc) is 3.51. The lowest BCUT2D eigenvalue weighted by Crippen LogP contribution is -2.42. The third kappa shape index (κ3) is 5.58. The van der Waals surface area contributed by atoms with Crippen molar-refractivity contribution in [2.45, 2.75) is 51.2 Å². The number of hydrogen-bond donors (Lipinski definition) is 1. The third-order valence-corrected chi connectivity index (χ3v) is 6.64. The van der Waals surface area contributed by atoms with E-state index < -0.39 is 0 Å². The van der Waals surface area contributed by atoms with E-state index in [0.29, 0.717) is 23.0 Å². The van der Waals surface area contributed by atoms with Crippen LogP contribution in [0, 0.1) is 5.92 Å². The number of amides is 2. The fraction of sp³-hybridized carbons (Fsp3) is 0.500. The Morgan fingerprint density at radius 1 is 1.19 bits per heavy atom. The van der Waals surface area contributed by atoms with Crippen LogP contribution < -0.4 is 14.8 Å². The highest BCUT2D eigenvalue weighted by atomic mass is 32.1. The normalized spacial score (nSPS) is 17.8. The lowest BCUT2D eigenvalue weighted by molar-refractivity contribution is -0.134. The van der Waals surface area contributed by atoms with Crippen LogP contribution >= 0.6 is 11.3 Å². The summed E-state index contributed by atoms with van der Waals surface area (Å²) < 4.78 is 11.6. The number of thiophene rings is 1. The quantitative estimate of drug-likeness (QED) is 0.673. The molecule has 0 radical (unpaired) electrons. The van der Waals surface area contributed by atoms with Gasteiger partial charge in [0.15, 0.2) is 0 Å². The van der Waals surface area contributed by atoms with E-state index in [2.05, 4.69) is 16.8 Å². The zero-order chi connectivity index (χ0) is 21.8. The van der Waals surface area contributed by atoms with E-state index >= 15 is 0 Å². The number of methoxy groups -OCH3 is 1. The van der Waals surface area contributed by atoms with Gasteiger partial charge in [0.05, 0.1) is 12.7 Å². The molecule has 166 valence electrons. The van der Waals surface area contributed by atoms with Gasteiger partial charge in [-0.3, -0.25) is 9.59 Å². The first-order chi connectivity index (χ1) is 15.0. The number of hydrogen-bond acceptors (Lipinski definition) is 5. The van der Waals surface area contributed by atoms with Crippen LogP contribution in [0.25, 0.3) is 0 Å². The number of nitrogens with one attached hydrogen (secondary N) is 1. The van der Waals surface area contributed by atoms with Gasteiger partial charge >= 0.3 is 0 Å². The van der Waals surface area contributed by atoms with Crippen molar-refractivity contribution >= 4 is 23.2 Å². The van der Waals surface area contributed by atoms with Crippen molar-refractivity contribution in [2.24, 2.45) is 5.92 Å². The Morgan fingerprint density at radius 2 is 1.97 bits per heavy atom. The largest absolute Gasteiger partial charge is 0.497 e. The molecule has 31 heavy (non-hydrogen) atoms. The second-order valence-corrected chi connectivity index (χ2v) is 9.27. The predicted octanol–water partition coefficient (Wildman–Crippen LogP) is 3.90. The summed E-state index contributed by atoms with van der Waals surface area (Å²) in [5.41, 5.74) is 1.69. The maximum absolute atomic E-state index is 13.0. The molecular formula is C24H30N2O4S. The van der Waals surface area contributed by atoms with E-state index in [1.165, 1.54) is 5.56 Å². The Bertz CT molecular complexity index is 902. The molecule has 1 aromatic carbocycles. The number of carbonyl (C=O) groups is 2. The summed E-state index contributed by atoms with van der Waals surface area (Å²) in [5, 5.41) is 7.23. The first-order valence-electron chi connectivity index (χ1n) is 11.0. The topological polar surface area (TPSA) is 67.9 Å². The number of piperidine rings is 1. The van der Waals surface area contributed by atoms with Gasteiger partial charge < -0.3 is 19.7 Å². The van der Waals surface area contributed by atoms with Crippen molar-refractivity contribution in [2.75, 3.05) is 20.2 Å². The monoisotopic (exact) mass is 442 g/mol. The fourth-order valence-corrected chi connectivity index (χ4v) is 4.67. The minimum absolute atomic E-state index is 0.00201. The van der Waals surface area contributed by atoms with Gasteiger partial charge in [-0.25, -0.2) is 0 Å². The highest BCUT2D eigenvalue weighted by Crippen LogP contribution is 2.33. The van der Waals surface area contributed by atoms with E-state index in [9.17, 15) is 9.59 Å². The molecule has 1 aliphatic carbocycles. The van der Waals surface area contributed by atoms with Gasteiger partial charge in [-0.15, -0.1) is 0 Å². The second kappa shape index (κ2) is 9.73.